The maximum atomic E-state index is 13.2. The smallest absolute Gasteiger partial charge is 0.306 e. The molecule has 1 N–H and O–H groups in total. The Morgan fingerprint density at radius 3 is 2.72 bits per heavy atom. The Hall–Kier alpha value is -1.91. The van der Waals surface area contributed by atoms with E-state index in [2.05, 4.69) is 5.32 Å². The van der Waals surface area contributed by atoms with Crippen molar-refractivity contribution in [2.75, 3.05) is 11.9 Å². The molecule has 0 saturated heterocycles. The number of amides is 1. The fraction of sp³-hybridized carbons (Fsp3) is 0.385. The molecule has 1 aromatic rings. The molecule has 0 aliphatic carbocycles. The molecule has 0 radical (unpaired) electrons. The third-order valence-corrected chi connectivity index (χ3v) is 2.40. The molecule has 4 nitrogen and oxygen atoms in total. The zero-order valence-electron chi connectivity index (χ0n) is 10.5. The van der Waals surface area contributed by atoms with Gasteiger partial charge in [0.05, 0.1) is 13.0 Å². The van der Waals surface area contributed by atoms with Crippen molar-refractivity contribution in [1.29, 1.82) is 0 Å². The average Bonchev–Trinajstić information content (AvgIpc) is 2.33. The van der Waals surface area contributed by atoms with E-state index in [4.69, 9.17) is 4.74 Å². The maximum Gasteiger partial charge on any atom is 0.306 e. The van der Waals surface area contributed by atoms with E-state index in [1.165, 1.54) is 12.1 Å². The minimum absolute atomic E-state index is 0.0219. The summed E-state index contributed by atoms with van der Waals surface area (Å²) < 4.78 is 17.9. The highest BCUT2D eigenvalue weighted by atomic mass is 19.1. The molecule has 0 aromatic heterocycles. The lowest BCUT2D eigenvalue weighted by atomic mass is 10.2. The van der Waals surface area contributed by atoms with Crippen LogP contribution in [0.15, 0.2) is 18.2 Å². The van der Waals surface area contributed by atoms with Crippen molar-refractivity contribution in [3.63, 3.8) is 0 Å². The van der Waals surface area contributed by atoms with Gasteiger partial charge in [-0.1, -0.05) is 6.07 Å². The van der Waals surface area contributed by atoms with E-state index in [1.807, 2.05) is 0 Å². The average molecular weight is 253 g/mol. The van der Waals surface area contributed by atoms with Crippen LogP contribution in [0.1, 0.15) is 25.3 Å². The minimum atomic E-state index is -0.413. The first kappa shape index (κ1) is 14.2. The van der Waals surface area contributed by atoms with Crippen molar-refractivity contribution in [3.8, 4) is 0 Å². The van der Waals surface area contributed by atoms with Crippen molar-refractivity contribution in [2.24, 2.45) is 0 Å². The van der Waals surface area contributed by atoms with E-state index in [1.54, 1.807) is 19.9 Å². The van der Waals surface area contributed by atoms with E-state index >= 15 is 0 Å². The van der Waals surface area contributed by atoms with Crippen LogP contribution >= 0.6 is 0 Å². The molecule has 1 rings (SSSR count). The summed E-state index contributed by atoms with van der Waals surface area (Å²) in [4.78, 5) is 22.6. The van der Waals surface area contributed by atoms with Crippen molar-refractivity contribution in [2.45, 2.75) is 26.7 Å². The largest absolute Gasteiger partial charge is 0.466 e. The Morgan fingerprint density at radius 1 is 1.33 bits per heavy atom. The summed E-state index contributed by atoms with van der Waals surface area (Å²) in [6.07, 6.45) is 0.0445. The zero-order valence-corrected chi connectivity index (χ0v) is 10.5. The SMILES string of the molecule is CCOC(=O)CCC(=O)Nc1cccc(F)c1C. The van der Waals surface area contributed by atoms with Gasteiger partial charge in [-0.15, -0.1) is 0 Å². The Kier molecular flexibility index (Phi) is 5.30. The molecule has 5 heteroatoms. The van der Waals surface area contributed by atoms with Crippen molar-refractivity contribution in [1.82, 2.24) is 0 Å². The number of carbonyl (C=O) groups is 2. The Morgan fingerprint density at radius 2 is 2.06 bits per heavy atom. The first-order chi connectivity index (χ1) is 8.54. The molecular weight excluding hydrogens is 237 g/mol. The topological polar surface area (TPSA) is 55.4 Å². The number of halogens is 1. The molecule has 1 aromatic carbocycles. The Bertz CT molecular complexity index is 446. The van der Waals surface area contributed by atoms with E-state index in [0.717, 1.165) is 0 Å². The molecule has 0 aliphatic heterocycles. The second kappa shape index (κ2) is 6.74. The quantitative estimate of drug-likeness (QED) is 0.820. The predicted octanol–water partition coefficient (Wildman–Crippen LogP) is 2.42. The van der Waals surface area contributed by atoms with Crippen LogP contribution in [0, 0.1) is 12.7 Å². The van der Waals surface area contributed by atoms with Gasteiger partial charge in [-0.3, -0.25) is 9.59 Å². The molecule has 0 aliphatic rings. The molecule has 0 bridgehead atoms. The summed E-state index contributed by atoms with van der Waals surface area (Å²) >= 11 is 0. The van der Waals surface area contributed by atoms with Crippen LogP contribution in [0.2, 0.25) is 0 Å². The van der Waals surface area contributed by atoms with Gasteiger partial charge in [0.1, 0.15) is 5.82 Å². The van der Waals surface area contributed by atoms with E-state index < -0.39 is 5.97 Å². The third kappa shape index (κ3) is 4.16. The molecule has 0 saturated carbocycles. The number of hydrogen-bond donors (Lipinski definition) is 1. The first-order valence-electron chi connectivity index (χ1n) is 5.75. The van der Waals surface area contributed by atoms with E-state index in [0.29, 0.717) is 17.9 Å². The number of anilines is 1. The van der Waals surface area contributed by atoms with Gasteiger partial charge in [0.2, 0.25) is 5.91 Å². The normalized spacial score (nSPS) is 9.94. The van der Waals surface area contributed by atoms with Crippen LogP contribution < -0.4 is 5.32 Å². The lowest BCUT2D eigenvalue weighted by molar-refractivity contribution is -0.144. The summed E-state index contributed by atoms with van der Waals surface area (Å²) in [5, 5.41) is 2.56. The first-order valence-corrected chi connectivity index (χ1v) is 5.75. The Balaban J connectivity index is 2.50. The summed E-state index contributed by atoms with van der Waals surface area (Å²) in [5.41, 5.74) is 0.797. The number of ether oxygens (including phenoxy) is 1. The van der Waals surface area contributed by atoms with Crippen molar-refractivity contribution in [3.05, 3.63) is 29.6 Å². The Labute approximate surface area is 105 Å². The minimum Gasteiger partial charge on any atom is -0.466 e. The summed E-state index contributed by atoms with van der Waals surface area (Å²) in [5.74, 6) is -1.13. The van der Waals surface area contributed by atoms with Crippen LogP contribution in [0.3, 0.4) is 0 Å². The highest BCUT2D eigenvalue weighted by Gasteiger charge is 2.10. The number of esters is 1. The van der Waals surface area contributed by atoms with Crippen LogP contribution in [-0.4, -0.2) is 18.5 Å². The summed E-state index contributed by atoms with van der Waals surface area (Å²) in [6, 6.07) is 4.45. The van der Waals surface area contributed by atoms with Gasteiger partial charge in [0.15, 0.2) is 0 Å². The van der Waals surface area contributed by atoms with Crippen LogP contribution in [0.25, 0.3) is 0 Å². The molecule has 0 atom stereocenters. The van der Waals surface area contributed by atoms with Gasteiger partial charge < -0.3 is 10.1 Å². The second-order valence-electron chi connectivity index (χ2n) is 3.77. The lowest BCUT2D eigenvalue weighted by Crippen LogP contribution is -2.15. The molecule has 18 heavy (non-hydrogen) atoms. The fourth-order valence-corrected chi connectivity index (χ4v) is 1.40. The monoisotopic (exact) mass is 253 g/mol. The maximum absolute atomic E-state index is 13.2. The molecule has 0 unspecified atom stereocenters. The predicted molar refractivity (Wildman–Crippen MR) is 65.6 cm³/mol. The van der Waals surface area contributed by atoms with Crippen molar-refractivity contribution >= 4 is 17.6 Å². The number of carbonyl (C=O) groups excluding carboxylic acids is 2. The second-order valence-corrected chi connectivity index (χ2v) is 3.77. The van der Waals surface area contributed by atoms with Gasteiger partial charge in [0.25, 0.3) is 0 Å². The van der Waals surface area contributed by atoms with Gasteiger partial charge in [-0.25, -0.2) is 4.39 Å². The molecule has 98 valence electrons. The number of benzene rings is 1. The fourth-order valence-electron chi connectivity index (χ4n) is 1.40. The van der Waals surface area contributed by atoms with Crippen LogP contribution in [0.5, 0.6) is 0 Å². The highest BCUT2D eigenvalue weighted by molar-refractivity contribution is 5.93. The zero-order chi connectivity index (χ0) is 13.5. The summed E-state index contributed by atoms with van der Waals surface area (Å²) in [6.45, 7) is 3.58. The third-order valence-electron chi connectivity index (χ3n) is 2.40. The lowest BCUT2D eigenvalue weighted by Gasteiger charge is -2.08. The number of hydrogen-bond acceptors (Lipinski definition) is 3. The van der Waals surface area contributed by atoms with Crippen LogP contribution in [0.4, 0.5) is 10.1 Å². The number of rotatable bonds is 5. The highest BCUT2D eigenvalue weighted by Crippen LogP contribution is 2.17. The summed E-state index contributed by atoms with van der Waals surface area (Å²) in [7, 11) is 0. The van der Waals surface area contributed by atoms with Gasteiger partial charge >= 0.3 is 5.97 Å². The number of nitrogens with one attached hydrogen (secondary N) is 1. The molecule has 1 amide bonds. The standard InChI is InChI=1S/C13H16FNO3/c1-3-18-13(17)8-7-12(16)15-11-6-4-5-10(14)9(11)2/h4-6H,3,7-8H2,1-2H3,(H,15,16). The van der Waals surface area contributed by atoms with Gasteiger partial charge in [-0.2, -0.15) is 0 Å². The van der Waals surface area contributed by atoms with Gasteiger partial charge in [0, 0.05) is 17.7 Å². The molecule has 0 spiro atoms. The van der Waals surface area contributed by atoms with E-state index in [-0.39, 0.29) is 24.6 Å². The molecule has 0 heterocycles. The van der Waals surface area contributed by atoms with Crippen molar-refractivity contribution < 1.29 is 18.7 Å². The van der Waals surface area contributed by atoms with Crippen LogP contribution in [-0.2, 0) is 14.3 Å². The molecule has 0 fully saturated rings. The van der Waals surface area contributed by atoms with Gasteiger partial charge in [-0.05, 0) is 26.0 Å². The van der Waals surface area contributed by atoms with E-state index in [9.17, 15) is 14.0 Å². The molecular formula is C13H16FNO3.